The van der Waals surface area contributed by atoms with Gasteiger partial charge >= 0.3 is 0 Å². The topological polar surface area (TPSA) is 97.1 Å². The molecule has 1 aliphatic rings. The summed E-state index contributed by atoms with van der Waals surface area (Å²) in [5.74, 6) is 0.377. The molecule has 160 valence electrons. The molecule has 2 amide bonds. The number of benzene rings is 2. The van der Waals surface area contributed by atoms with Gasteiger partial charge in [0.1, 0.15) is 5.82 Å². The van der Waals surface area contributed by atoms with E-state index in [1.165, 1.54) is 31.0 Å². The number of hydrogen-bond donors (Lipinski definition) is 2. The quantitative estimate of drug-likeness (QED) is 0.620. The van der Waals surface area contributed by atoms with E-state index in [2.05, 4.69) is 20.8 Å². The molecule has 2 N–H and O–H groups in total. The average molecular weight is 422 g/mol. The fourth-order valence-corrected chi connectivity index (χ4v) is 3.69. The van der Waals surface area contributed by atoms with E-state index < -0.39 is 5.91 Å². The molecule has 1 fully saturated rings. The van der Waals surface area contributed by atoms with Gasteiger partial charge in [-0.25, -0.2) is 4.39 Å². The highest BCUT2D eigenvalue weighted by Crippen LogP contribution is 2.33. The van der Waals surface area contributed by atoms with Gasteiger partial charge in [-0.2, -0.15) is 4.98 Å². The number of nitrogens with zero attached hydrogens (tertiary/aromatic N) is 2. The molecule has 0 radical (unpaired) electrons. The minimum absolute atomic E-state index is 0.201. The van der Waals surface area contributed by atoms with E-state index in [1.807, 2.05) is 0 Å². The second-order valence-electron chi connectivity index (χ2n) is 7.71. The van der Waals surface area contributed by atoms with Gasteiger partial charge < -0.3 is 15.2 Å². The second kappa shape index (κ2) is 9.07. The summed E-state index contributed by atoms with van der Waals surface area (Å²) in [6, 6.07) is 10.9. The molecule has 2 aromatic carbocycles. The number of aromatic nitrogens is 2. The number of halogens is 1. The summed E-state index contributed by atoms with van der Waals surface area (Å²) in [6.45, 7) is 1.49. The van der Waals surface area contributed by atoms with Crippen molar-refractivity contribution in [3.05, 3.63) is 65.3 Å². The summed E-state index contributed by atoms with van der Waals surface area (Å²) in [5.41, 5.74) is 2.28. The van der Waals surface area contributed by atoms with Crippen molar-refractivity contribution in [2.24, 2.45) is 0 Å². The SMILES string of the molecule is Cc1cc(F)ccc1NC(=O)CNC(=O)c1ccc(-c2noc(C3CCCC3)n2)cc1. The molecule has 0 saturated heterocycles. The van der Waals surface area contributed by atoms with Gasteiger partial charge in [-0.15, -0.1) is 0 Å². The number of aryl methyl sites for hydroxylation is 1. The lowest BCUT2D eigenvalue weighted by atomic mass is 10.1. The first kappa shape index (κ1) is 20.7. The van der Waals surface area contributed by atoms with Gasteiger partial charge in [-0.05, 0) is 55.7 Å². The normalized spacial score (nSPS) is 13.9. The molecule has 3 aromatic rings. The molecule has 7 nitrogen and oxygen atoms in total. The van der Waals surface area contributed by atoms with Crippen LogP contribution in [-0.4, -0.2) is 28.5 Å². The Balaban J connectivity index is 1.32. The maximum atomic E-state index is 13.2. The van der Waals surface area contributed by atoms with Crippen LogP contribution in [0.25, 0.3) is 11.4 Å². The van der Waals surface area contributed by atoms with E-state index in [1.54, 1.807) is 31.2 Å². The third kappa shape index (κ3) is 4.96. The number of rotatable bonds is 6. The van der Waals surface area contributed by atoms with Crippen molar-refractivity contribution in [2.75, 3.05) is 11.9 Å². The fourth-order valence-electron chi connectivity index (χ4n) is 3.69. The molecule has 1 aliphatic carbocycles. The van der Waals surface area contributed by atoms with Crippen LogP contribution in [0.5, 0.6) is 0 Å². The van der Waals surface area contributed by atoms with Crippen molar-refractivity contribution in [2.45, 2.75) is 38.5 Å². The highest BCUT2D eigenvalue weighted by molar-refractivity contribution is 5.99. The lowest BCUT2D eigenvalue weighted by Crippen LogP contribution is -2.33. The fraction of sp³-hybridized carbons (Fsp3) is 0.304. The third-order valence-corrected chi connectivity index (χ3v) is 5.42. The van der Waals surface area contributed by atoms with Crippen LogP contribution in [0.2, 0.25) is 0 Å². The second-order valence-corrected chi connectivity index (χ2v) is 7.71. The van der Waals surface area contributed by atoms with E-state index in [-0.39, 0.29) is 18.3 Å². The molecule has 4 rings (SSSR count). The van der Waals surface area contributed by atoms with E-state index in [0.29, 0.717) is 34.4 Å². The highest BCUT2D eigenvalue weighted by Gasteiger charge is 2.23. The summed E-state index contributed by atoms with van der Waals surface area (Å²) in [4.78, 5) is 28.9. The summed E-state index contributed by atoms with van der Waals surface area (Å²) in [6.07, 6.45) is 4.53. The van der Waals surface area contributed by atoms with E-state index in [0.717, 1.165) is 18.4 Å². The van der Waals surface area contributed by atoms with Crippen LogP contribution in [0.1, 0.15) is 53.4 Å². The summed E-state index contributed by atoms with van der Waals surface area (Å²) in [5, 5.41) is 9.28. The first-order valence-corrected chi connectivity index (χ1v) is 10.3. The molecular formula is C23H23FN4O3. The predicted octanol–water partition coefficient (Wildman–Crippen LogP) is 4.21. The van der Waals surface area contributed by atoms with Gasteiger partial charge in [-0.3, -0.25) is 9.59 Å². The third-order valence-electron chi connectivity index (χ3n) is 5.42. The zero-order valence-corrected chi connectivity index (χ0v) is 17.2. The molecule has 0 unspecified atom stereocenters. The Labute approximate surface area is 179 Å². The van der Waals surface area contributed by atoms with E-state index in [9.17, 15) is 14.0 Å². The minimum atomic E-state index is -0.397. The molecule has 0 spiro atoms. The molecule has 1 aromatic heterocycles. The molecule has 1 saturated carbocycles. The van der Waals surface area contributed by atoms with Crippen LogP contribution in [-0.2, 0) is 4.79 Å². The average Bonchev–Trinajstić information content (AvgIpc) is 3.46. The standard InChI is InChI=1S/C23H23FN4O3/c1-14-12-18(24)10-11-19(14)26-20(29)13-25-22(30)16-8-6-15(7-9-16)21-27-23(31-28-21)17-4-2-3-5-17/h6-12,17H,2-5,13H2,1H3,(H,25,30)(H,26,29). The van der Waals surface area contributed by atoms with Gasteiger partial charge in [0.25, 0.3) is 5.91 Å². The summed E-state index contributed by atoms with van der Waals surface area (Å²) in [7, 11) is 0. The molecule has 1 heterocycles. The van der Waals surface area contributed by atoms with Gasteiger partial charge in [0.2, 0.25) is 17.6 Å². The predicted molar refractivity (Wildman–Crippen MR) is 113 cm³/mol. The first-order chi connectivity index (χ1) is 15.0. The lowest BCUT2D eigenvalue weighted by Gasteiger charge is -2.09. The van der Waals surface area contributed by atoms with Gasteiger partial charge in [0, 0.05) is 22.7 Å². The zero-order valence-electron chi connectivity index (χ0n) is 17.2. The van der Waals surface area contributed by atoms with Crippen LogP contribution in [0.4, 0.5) is 10.1 Å². The van der Waals surface area contributed by atoms with Crippen LogP contribution < -0.4 is 10.6 Å². The zero-order chi connectivity index (χ0) is 21.8. The molecule has 31 heavy (non-hydrogen) atoms. The van der Waals surface area contributed by atoms with Crippen LogP contribution in [0.15, 0.2) is 47.0 Å². The monoisotopic (exact) mass is 422 g/mol. The van der Waals surface area contributed by atoms with E-state index in [4.69, 9.17) is 4.52 Å². The molecule has 8 heteroatoms. The number of carbonyl (C=O) groups excluding carboxylic acids is 2. The smallest absolute Gasteiger partial charge is 0.251 e. The Morgan fingerprint density at radius 3 is 2.58 bits per heavy atom. The van der Waals surface area contributed by atoms with E-state index >= 15 is 0 Å². The number of hydrogen-bond acceptors (Lipinski definition) is 5. The lowest BCUT2D eigenvalue weighted by molar-refractivity contribution is -0.115. The number of nitrogens with one attached hydrogen (secondary N) is 2. The van der Waals surface area contributed by atoms with Crippen LogP contribution in [0.3, 0.4) is 0 Å². The van der Waals surface area contributed by atoms with Crippen molar-refractivity contribution >= 4 is 17.5 Å². The van der Waals surface area contributed by atoms with Crippen molar-refractivity contribution in [3.63, 3.8) is 0 Å². The van der Waals surface area contributed by atoms with Gasteiger partial charge in [0.05, 0.1) is 6.54 Å². The Bertz CT molecular complexity index is 1090. The van der Waals surface area contributed by atoms with Crippen molar-refractivity contribution in [1.82, 2.24) is 15.5 Å². The van der Waals surface area contributed by atoms with Crippen LogP contribution >= 0.6 is 0 Å². The number of anilines is 1. The van der Waals surface area contributed by atoms with Crippen molar-refractivity contribution in [3.8, 4) is 11.4 Å². The van der Waals surface area contributed by atoms with Gasteiger partial charge in [0.15, 0.2) is 0 Å². The molecular weight excluding hydrogens is 399 g/mol. The summed E-state index contributed by atoms with van der Waals surface area (Å²) < 4.78 is 18.6. The Morgan fingerprint density at radius 2 is 1.87 bits per heavy atom. The summed E-state index contributed by atoms with van der Waals surface area (Å²) >= 11 is 0. The Hall–Kier alpha value is -3.55. The highest BCUT2D eigenvalue weighted by atomic mass is 19.1. The maximum absolute atomic E-state index is 13.2. The number of carbonyl (C=O) groups is 2. The van der Waals surface area contributed by atoms with Crippen LogP contribution in [0, 0.1) is 12.7 Å². The molecule has 0 aliphatic heterocycles. The largest absolute Gasteiger partial charge is 0.343 e. The Morgan fingerprint density at radius 1 is 1.13 bits per heavy atom. The molecule has 0 atom stereocenters. The van der Waals surface area contributed by atoms with Crippen molar-refractivity contribution in [1.29, 1.82) is 0 Å². The Kier molecular flexibility index (Phi) is 6.06. The number of amides is 2. The minimum Gasteiger partial charge on any atom is -0.343 e. The maximum Gasteiger partial charge on any atom is 0.251 e. The van der Waals surface area contributed by atoms with Gasteiger partial charge in [-0.1, -0.05) is 30.1 Å². The molecule has 0 bridgehead atoms. The van der Waals surface area contributed by atoms with Crippen molar-refractivity contribution < 1.29 is 18.5 Å². The first-order valence-electron chi connectivity index (χ1n) is 10.3.